The molecule has 1 N–H and O–H groups in total. The van der Waals surface area contributed by atoms with Gasteiger partial charge in [0, 0.05) is 44.5 Å². The molecule has 0 radical (unpaired) electrons. The van der Waals surface area contributed by atoms with Crippen LogP contribution in [0.25, 0.3) is 0 Å². The lowest BCUT2D eigenvalue weighted by atomic mass is 10.2. The van der Waals surface area contributed by atoms with Gasteiger partial charge in [0.2, 0.25) is 0 Å². The molecule has 1 heterocycles. The van der Waals surface area contributed by atoms with Crippen molar-refractivity contribution in [3.05, 3.63) is 28.8 Å². The topological polar surface area (TPSA) is 42.3 Å². The van der Waals surface area contributed by atoms with Crippen LogP contribution in [0, 0.1) is 11.3 Å². The van der Waals surface area contributed by atoms with E-state index in [9.17, 15) is 0 Å². The molecule has 0 unspecified atom stereocenters. The number of benzene rings is 1. The maximum absolute atomic E-state index is 8.87. The van der Waals surface area contributed by atoms with Gasteiger partial charge in [-0.15, -0.1) is 0 Å². The van der Waals surface area contributed by atoms with Gasteiger partial charge in [0.15, 0.2) is 0 Å². The lowest BCUT2D eigenvalue weighted by Gasteiger charge is -2.37. The number of nitrogens with one attached hydrogen (secondary N) is 1. The van der Waals surface area contributed by atoms with Crippen molar-refractivity contribution in [1.82, 2.24) is 9.80 Å². The Bertz CT molecular complexity index is 503. The van der Waals surface area contributed by atoms with Crippen molar-refractivity contribution in [3.63, 3.8) is 0 Å². The van der Waals surface area contributed by atoms with Crippen LogP contribution in [0.2, 0.25) is 5.02 Å². The monoisotopic (exact) mass is 306 g/mol. The zero-order valence-corrected chi connectivity index (χ0v) is 13.5. The zero-order valence-electron chi connectivity index (χ0n) is 12.8. The van der Waals surface area contributed by atoms with E-state index in [0.29, 0.717) is 16.6 Å². The molecule has 0 aliphatic carbocycles. The van der Waals surface area contributed by atoms with E-state index < -0.39 is 0 Å². The summed E-state index contributed by atoms with van der Waals surface area (Å²) in [5, 5.41) is 12.8. The summed E-state index contributed by atoms with van der Waals surface area (Å²) < 4.78 is 0. The first-order valence-electron chi connectivity index (χ1n) is 7.54. The highest BCUT2D eigenvalue weighted by Crippen LogP contribution is 2.20. The largest absolute Gasteiger partial charge is 0.383 e. The van der Waals surface area contributed by atoms with Crippen molar-refractivity contribution in [2.24, 2.45) is 0 Å². The Labute approximate surface area is 132 Å². The highest BCUT2D eigenvalue weighted by Gasteiger charge is 2.19. The standard InChI is InChI=1S/C16H23ClN4/c1-3-20-6-8-21(9-7-20)13(2)12-19-15-5-4-14(11-18)16(17)10-15/h4-5,10,13,19H,3,6-9,12H2,1-2H3/t13-/m0/s1. The van der Waals surface area contributed by atoms with Gasteiger partial charge >= 0.3 is 0 Å². The van der Waals surface area contributed by atoms with E-state index in [2.05, 4.69) is 35.0 Å². The molecule has 0 aromatic heterocycles. The van der Waals surface area contributed by atoms with Gasteiger partial charge in [0.1, 0.15) is 6.07 Å². The molecule has 0 bridgehead atoms. The molecular weight excluding hydrogens is 284 g/mol. The lowest BCUT2D eigenvalue weighted by Crippen LogP contribution is -2.50. The van der Waals surface area contributed by atoms with Gasteiger partial charge in [-0.1, -0.05) is 18.5 Å². The Morgan fingerprint density at radius 2 is 2.05 bits per heavy atom. The molecule has 1 aliphatic heterocycles. The van der Waals surface area contributed by atoms with E-state index in [0.717, 1.165) is 45.0 Å². The molecule has 1 saturated heterocycles. The van der Waals surface area contributed by atoms with E-state index >= 15 is 0 Å². The highest BCUT2D eigenvalue weighted by atomic mass is 35.5. The molecule has 0 spiro atoms. The summed E-state index contributed by atoms with van der Waals surface area (Å²) in [4.78, 5) is 5.00. The fraction of sp³-hybridized carbons (Fsp3) is 0.562. The molecular formula is C16H23ClN4. The number of anilines is 1. The molecule has 1 aromatic rings. The SMILES string of the molecule is CCN1CCN([C@@H](C)CNc2ccc(C#N)c(Cl)c2)CC1. The third-order valence-corrected chi connectivity index (χ3v) is 4.48. The molecule has 5 heteroatoms. The molecule has 1 aliphatic rings. The summed E-state index contributed by atoms with van der Waals surface area (Å²) in [7, 11) is 0. The van der Waals surface area contributed by atoms with Crippen LogP contribution in [-0.4, -0.2) is 55.1 Å². The van der Waals surface area contributed by atoms with E-state index in [1.165, 1.54) is 0 Å². The van der Waals surface area contributed by atoms with Crippen molar-refractivity contribution in [3.8, 4) is 6.07 Å². The average Bonchev–Trinajstić information content (AvgIpc) is 2.52. The number of hydrogen-bond donors (Lipinski definition) is 1. The van der Waals surface area contributed by atoms with E-state index in [-0.39, 0.29) is 0 Å². The highest BCUT2D eigenvalue weighted by molar-refractivity contribution is 6.32. The number of nitrogens with zero attached hydrogens (tertiary/aromatic N) is 3. The van der Waals surface area contributed by atoms with E-state index in [1.807, 2.05) is 12.1 Å². The Morgan fingerprint density at radius 1 is 1.33 bits per heavy atom. The number of likely N-dealkylation sites (N-methyl/N-ethyl adjacent to an activating group) is 1. The van der Waals surface area contributed by atoms with Crippen molar-refractivity contribution in [2.45, 2.75) is 19.9 Å². The maximum Gasteiger partial charge on any atom is 0.101 e. The second-order valence-corrected chi connectivity index (χ2v) is 5.91. The third kappa shape index (κ3) is 4.34. The van der Waals surface area contributed by atoms with Crippen molar-refractivity contribution >= 4 is 17.3 Å². The van der Waals surface area contributed by atoms with Gasteiger partial charge in [0.25, 0.3) is 0 Å². The summed E-state index contributed by atoms with van der Waals surface area (Å²) in [6, 6.07) is 8.05. The third-order valence-electron chi connectivity index (χ3n) is 4.17. The van der Waals surface area contributed by atoms with Crippen molar-refractivity contribution in [1.29, 1.82) is 5.26 Å². The lowest BCUT2D eigenvalue weighted by molar-refractivity contribution is 0.110. The normalized spacial score (nSPS) is 18.2. The van der Waals surface area contributed by atoms with Crippen molar-refractivity contribution in [2.75, 3.05) is 44.6 Å². The molecule has 0 amide bonds. The van der Waals surface area contributed by atoms with Gasteiger partial charge in [-0.3, -0.25) is 4.90 Å². The minimum absolute atomic E-state index is 0.485. The van der Waals surface area contributed by atoms with Crippen LogP contribution in [-0.2, 0) is 0 Å². The molecule has 1 atom stereocenters. The van der Waals surface area contributed by atoms with Gasteiger partial charge in [0.05, 0.1) is 10.6 Å². The molecule has 114 valence electrons. The number of piperazine rings is 1. The predicted octanol–water partition coefficient (Wildman–Crippen LogP) is 2.65. The van der Waals surface area contributed by atoms with Crippen LogP contribution in [0.15, 0.2) is 18.2 Å². The smallest absolute Gasteiger partial charge is 0.101 e. The second kappa shape index (κ2) is 7.65. The fourth-order valence-electron chi connectivity index (χ4n) is 2.63. The Hall–Kier alpha value is -1.28. The van der Waals surface area contributed by atoms with Crippen LogP contribution < -0.4 is 5.32 Å². The summed E-state index contributed by atoms with van der Waals surface area (Å²) in [6.07, 6.45) is 0. The number of nitriles is 1. The number of hydrogen-bond acceptors (Lipinski definition) is 4. The molecule has 1 fully saturated rings. The van der Waals surface area contributed by atoms with Crippen molar-refractivity contribution < 1.29 is 0 Å². The molecule has 4 nitrogen and oxygen atoms in total. The van der Waals surface area contributed by atoms with E-state index in [1.54, 1.807) is 6.07 Å². The fourth-order valence-corrected chi connectivity index (χ4v) is 2.85. The van der Waals surface area contributed by atoms with Gasteiger partial charge in [-0.25, -0.2) is 0 Å². The van der Waals surface area contributed by atoms with Crippen LogP contribution in [0.3, 0.4) is 0 Å². The first kappa shape index (κ1) is 16.1. The summed E-state index contributed by atoms with van der Waals surface area (Å²) in [5.41, 5.74) is 1.49. The first-order chi connectivity index (χ1) is 10.1. The summed E-state index contributed by atoms with van der Waals surface area (Å²) >= 11 is 6.05. The molecule has 0 saturated carbocycles. The van der Waals surface area contributed by atoms with Gasteiger partial charge in [-0.05, 0) is 31.7 Å². The molecule has 1 aromatic carbocycles. The number of halogens is 1. The van der Waals surface area contributed by atoms with Crippen LogP contribution >= 0.6 is 11.6 Å². The molecule has 21 heavy (non-hydrogen) atoms. The van der Waals surface area contributed by atoms with Gasteiger partial charge < -0.3 is 10.2 Å². The number of rotatable bonds is 5. The Balaban J connectivity index is 1.83. The van der Waals surface area contributed by atoms with E-state index in [4.69, 9.17) is 16.9 Å². The minimum atomic E-state index is 0.485. The average molecular weight is 307 g/mol. The van der Waals surface area contributed by atoms with Gasteiger partial charge in [-0.2, -0.15) is 5.26 Å². The summed E-state index contributed by atoms with van der Waals surface area (Å²) in [6.45, 7) is 11.1. The zero-order chi connectivity index (χ0) is 15.2. The minimum Gasteiger partial charge on any atom is -0.383 e. The maximum atomic E-state index is 8.87. The first-order valence-corrected chi connectivity index (χ1v) is 7.91. The Morgan fingerprint density at radius 3 is 2.62 bits per heavy atom. The predicted molar refractivity (Wildman–Crippen MR) is 87.8 cm³/mol. The van der Waals surface area contributed by atoms with Crippen LogP contribution in [0.1, 0.15) is 19.4 Å². The summed E-state index contributed by atoms with van der Waals surface area (Å²) in [5.74, 6) is 0. The Kier molecular flexibility index (Phi) is 5.86. The van der Waals surface area contributed by atoms with Crippen LogP contribution in [0.5, 0.6) is 0 Å². The quantitative estimate of drug-likeness (QED) is 0.908. The van der Waals surface area contributed by atoms with Crippen LogP contribution in [0.4, 0.5) is 5.69 Å². The second-order valence-electron chi connectivity index (χ2n) is 5.51. The molecule has 2 rings (SSSR count).